The number of piperazine rings is 1. The van der Waals surface area contributed by atoms with Crippen LogP contribution in [-0.2, 0) is 19.3 Å². The van der Waals surface area contributed by atoms with E-state index in [1.165, 1.54) is 12.1 Å². The van der Waals surface area contributed by atoms with Crippen LogP contribution in [-0.4, -0.2) is 71.2 Å². The summed E-state index contributed by atoms with van der Waals surface area (Å²) in [4.78, 5) is 31.4. The van der Waals surface area contributed by atoms with E-state index in [9.17, 15) is 22.8 Å². The van der Waals surface area contributed by atoms with Gasteiger partial charge in [0.2, 0.25) is 0 Å². The summed E-state index contributed by atoms with van der Waals surface area (Å²) < 4.78 is 46.0. The maximum Gasteiger partial charge on any atom is 0.416 e. The number of ether oxygens (including phenoxy) is 1. The lowest BCUT2D eigenvalue weighted by atomic mass is 10.1. The number of methoxy groups -OCH3 is 1. The lowest BCUT2D eigenvalue weighted by molar-refractivity contribution is -0.137. The second kappa shape index (κ2) is 9.79. The molecule has 2 aliphatic heterocycles. The molecule has 0 saturated carbocycles. The summed E-state index contributed by atoms with van der Waals surface area (Å²) in [6.45, 7) is 2.83. The smallest absolute Gasteiger partial charge is 0.416 e. The maximum absolute atomic E-state index is 13.1. The van der Waals surface area contributed by atoms with Gasteiger partial charge in [-0.15, -0.1) is 0 Å². The molecule has 1 fully saturated rings. The van der Waals surface area contributed by atoms with Crippen molar-refractivity contribution in [1.82, 2.24) is 19.6 Å². The third-order valence-electron chi connectivity index (χ3n) is 6.70. The molecule has 3 aromatic rings. The van der Waals surface area contributed by atoms with E-state index in [2.05, 4.69) is 5.10 Å². The Morgan fingerprint density at radius 3 is 2.46 bits per heavy atom. The lowest BCUT2D eigenvalue weighted by Gasteiger charge is -2.36. The fourth-order valence-corrected chi connectivity index (χ4v) is 4.69. The highest BCUT2D eigenvalue weighted by Gasteiger charge is 2.32. The summed E-state index contributed by atoms with van der Waals surface area (Å²) in [5, 5.41) is 4.38. The number of benzene rings is 2. The van der Waals surface area contributed by atoms with Crippen molar-refractivity contribution in [2.24, 2.45) is 0 Å². The van der Waals surface area contributed by atoms with E-state index in [4.69, 9.17) is 4.74 Å². The number of nitrogens with zero attached hydrogens (tertiary/aromatic N) is 5. The third-order valence-corrected chi connectivity index (χ3v) is 6.70. The van der Waals surface area contributed by atoms with Crippen LogP contribution >= 0.6 is 0 Å². The minimum atomic E-state index is -4.41. The van der Waals surface area contributed by atoms with Crippen molar-refractivity contribution in [3.05, 3.63) is 77.1 Å². The van der Waals surface area contributed by atoms with Gasteiger partial charge in [-0.3, -0.25) is 14.3 Å². The molecule has 0 unspecified atom stereocenters. The minimum absolute atomic E-state index is 0.194. The van der Waals surface area contributed by atoms with Gasteiger partial charge >= 0.3 is 6.18 Å². The molecule has 8 nitrogen and oxygen atoms in total. The van der Waals surface area contributed by atoms with Crippen molar-refractivity contribution in [3.63, 3.8) is 0 Å². The number of rotatable bonds is 5. The van der Waals surface area contributed by atoms with Crippen LogP contribution in [0, 0.1) is 0 Å². The number of carbonyl (C=O) groups is 2. The van der Waals surface area contributed by atoms with E-state index in [0.717, 1.165) is 17.7 Å². The van der Waals surface area contributed by atoms with Gasteiger partial charge in [0.05, 0.1) is 19.2 Å². The van der Waals surface area contributed by atoms with E-state index >= 15 is 0 Å². The van der Waals surface area contributed by atoms with Crippen molar-refractivity contribution in [2.45, 2.75) is 19.3 Å². The zero-order valence-corrected chi connectivity index (χ0v) is 20.2. The van der Waals surface area contributed by atoms with Crippen LogP contribution in [0.15, 0.2) is 54.6 Å². The van der Waals surface area contributed by atoms with Gasteiger partial charge in [0.15, 0.2) is 5.69 Å². The zero-order chi connectivity index (χ0) is 26.2. The molecule has 0 bridgehead atoms. The number of hydrogen-bond donors (Lipinski definition) is 0. The van der Waals surface area contributed by atoms with Gasteiger partial charge < -0.3 is 19.4 Å². The summed E-state index contributed by atoms with van der Waals surface area (Å²) in [6.07, 6.45) is -4.41. The number of amides is 2. The van der Waals surface area contributed by atoms with Crippen molar-refractivity contribution < 1.29 is 27.5 Å². The maximum atomic E-state index is 13.1. The Hall–Kier alpha value is -4.02. The summed E-state index contributed by atoms with van der Waals surface area (Å²) >= 11 is 0. The molecule has 0 N–H and O–H groups in total. The van der Waals surface area contributed by atoms with E-state index in [-0.39, 0.29) is 17.5 Å². The monoisotopic (exact) mass is 513 g/mol. The summed E-state index contributed by atoms with van der Waals surface area (Å²) in [6, 6.07) is 14.3. The number of carbonyl (C=O) groups excluding carboxylic acids is 2. The van der Waals surface area contributed by atoms with Gasteiger partial charge in [-0.25, -0.2) is 0 Å². The number of halogens is 3. The molecule has 0 aliphatic carbocycles. The van der Waals surface area contributed by atoms with Gasteiger partial charge in [0.1, 0.15) is 11.4 Å². The van der Waals surface area contributed by atoms with Crippen LogP contribution in [0.25, 0.3) is 0 Å². The molecule has 2 amide bonds. The normalized spacial score (nSPS) is 16.1. The van der Waals surface area contributed by atoms with Gasteiger partial charge in [-0.05, 0) is 35.9 Å². The quantitative estimate of drug-likeness (QED) is 0.522. The lowest BCUT2D eigenvalue weighted by Crippen LogP contribution is -2.49. The standard InChI is InChI=1S/C26H26F3N5O3/c1-37-21-7-2-4-18(14-21)17-33-12-13-34-23(25(33)36)16-22(30-34)24(35)32-10-8-31(9-11-32)20-6-3-5-19(15-20)26(27,28)29/h2-7,14-16H,8-13,17H2,1H3. The summed E-state index contributed by atoms with van der Waals surface area (Å²) in [5.41, 5.74) is 1.27. The molecule has 1 aromatic heterocycles. The largest absolute Gasteiger partial charge is 0.497 e. The van der Waals surface area contributed by atoms with Crippen LogP contribution in [0.1, 0.15) is 32.1 Å². The number of aromatic nitrogens is 2. The van der Waals surface area contributed by atoms with E-state index < -0.39 is 11.7 Å². The Labute approximate surface area is 211 Å². The molecule has 0 spiro atoms. The highest BCUT2D eigenvalue weighted by atomic mass is 19.4. The van der Waals surface area contributed by atoms with Crippen LogP contribution in [0.5, 0.6) is 5.75 Å². The van der Waals surface area contributed by atoms with Crippen LogP contribution in [0.4, 0.5) is 18.9 Å². The average molecular weight is 514 g/mol. The first-order valence-electron chi connectivity index (χ1n) is 11.9. The molecule has 2 aliphatic rings. The molecule has 3 heterocycles. The highest BCUT2D eigenvalue weighted by molar-refractivity contribution is 5.98. The Balaban J connectivity index is 1.23. The number of anilines is 1. The van der Waals surface area contributed by atoms with E-state index in [0.29, 0.717) is 62.9 Å². The van der Waals surface area contributed by atoms with Crippen LogP contribution in [0.2, 0.25) is 0 Å². The average Bonchev–Trinajstić information content (AvgIpc) is 3.35. The van der Waals surface area contributed by atoms with Crippen molar-refractivity contribution in [2.75, 3.05) is 44.7 Å². The molecule has 5 rings (SSSR count). The molecular weight excluding hydrogens is 487 g/mol. The van der Waals surface area contributed by atoms with Crippen molar-refractivity contribution >= 4 is 17.5 Å². The Kier molecular flexibility index (Phi) is 6.53. The Bertz CT molecular complexity index is 1310. The fraction of sp³-hybridized carbons (Fsp3) is 0.346. The van der Waals surface area contributed by atoms with E-state index in [1.807, 2.05) is 29.2 Å². The summed E-state index contributed by atoms with van der Waals surface area (Å²) in [7, 11) is 1.59. The molecule has 2 aromatic carbocycles. The Morgan fingerprint density at radius 2 is 1.73 bits per heavy atom. The SMILES string of the molecule is COc1cccc(CN2CCn3nc(C(=O)N4CCN(c5cccc(C(F)(F)F)c5)CC4)cc3C2=O)c1. The number of alkyl halides is 3. The molecule has 194 valence electrons. The first-order chi connectivity index (χ1) is 17.7. The molecular formula is C26H26F3N5O3. The van der Waals surface area contributed by atoms with Gasteiger partial charge in [-0.2, -0.15) is 18.3 Å². The molecule has 37 heavy (non-hydrogen) atoms. The Morgan fingerprint density at radius 1 is 0.973 bits per heavy atom. The number of hydrogen-bond acceptors (Lipinski definition) is 5. The first-order valence-corrected chi connectivity index (χ1v) is 11.9. The van der Waals surface area contributed by atoms with Gasteiger partial charge in [-0.1, -0.05) is 18.2 Å². The van der Waals surface area contributed by atoms with Gasteiger partial charge in [0, 0.05) is 51.0 Å². The molecule has 0 radical (unpaired) electrons. The molecule has 0 atom stereocenters. The van der Waals surface area contributed by atoms with E-state index in [1.54, 1.807) is 27.7 Å². The first kappa shape index (κ1) is 24.7. The number of fused-ring (bicyclic) bond motifs is 1. The predicted octanol–water partition coefficient (Wildman–Crippen LogP) is 3.53. The third kappa shape index (κ3) is 5.11. The van der Waals surface area contributed by atoms with Crippen molar-refractivity contribution in [1.29, 1.82) is 0 Å². The van der Waals surface area contributed by atoms with Gasteiger partial charge in [0.25, 0.3) is 11.8 Å². The second-order valence-electron chi connectivity index (χ2n) is 9.04. The van der Waals surface area contributed by atoms with Crippen LogP contribution < -0.4 is 9.64 Å². The fourth-order valence-electron chi connectivity index (χ4n) is 4.69. The zero-order valence-electron chi connectivity index (χ0n) is 20.2. The van der Waals surface area contributed by atoms with Crippen LogP contribution in [0.3, 0.4) is 0 Å². The summed E-state index contributed by atoms with van der Waals surface area (Å²) in [5.74, 6) is 0.223. The molecule has 1 saturated heterocycles. The second-order valence-corrected chi connectivity index (χ2v) is 9.04. The highest BCUT2D eigenvalue weighted by Crippen LogP contribution is 2.32. The molecule has 11 heteroatoms. The minimum Gasteiger partial charge on any atom is -0.497 e. The predicted molar refractivity (Wildman–Crippen MR) is 130 cm³/mol. The topological polar surface area (TPSA) is 70.9 Å². The van der Waals surface area contributed by atoms with Crippen molar-refractivity contribution in [3.8, 4) is 5.75 Å².